The van der Waals surface area contributed by atoms with Gasteiger partial charge in [-0.15, -0.1) is 11.6 Å². The Morgan fingerprint density at radius 3 is 2.39 bits per heavy atom. The molecule has 0 heterocycles. The molecule has 1 rings (SSSR count). The number of benzene rings is 1. The van der Waals surface area contributed by atoms with Crippen molar-refractivity contribution in [1.82, 2.24) is 4.90 Å². The smallest absolute Gasteiger partial charge is 0.261 e. The summed E-state index contributed by atoms with van der Waals surface area (Å²) in [5.41, 5.74) is -0.0567. The van der Waals surface area contributed by atoms with Gasteiger partial charge in [0.2, 0.25) is 0 Å². The van der Waals surface area contributed by atoms with Crippen LogP contribution in [0.1, 0.15) is 30.1 Å². The molecule has 100 valence electrons. The Balaban J connectivity index is 2.94. The van der Waals surface area contributed by atoms with Gasteiger partial charge in [0.05, 0.1) is 0 Å². The molecule has 0 saturated heterocycles. The van der Waals surface area contributed by atoms with E-state index in [1.807, 2.05) is 6.92 Å². The maximum Gasteiger partial charge on any atom is 0.261 e. The summed E-state index contributed by atoms with van der Waals surface area (Å²) in [5.74, 6) is -0.490. The fraction of sp³-hybridized carbons (Fsp3) is 0.462. The van der Waals surface area contributed by atoms with E-state index >= 15 is 0 Å². The second kappa shape index (κ2) is 7.11. The normalized spacial score (nSPS) is 10.3. The lowest BCUT2D eigenvalue weighted by molar-refractivity contribution is 0.0757. The largest absolute Gasteiger partial charge is 0.507 e. The van der Waals surface area contributed by atoms with Gasteiger partial charge in [0, 0.05) is 19.0 Å². The van der Waals surface area contributed by atoms with E-state index in [0.29, 0.717) is 19.0 Å². The van der Waals surface area contributed by atoms with Crippen LogP contribution in [0.4, 0.5) is 0 Å². The summed E-state index contributed by atoms with van der Waals surface area (Å²) in [6, 6.07) is 4.25. The van der Waals surface area contributed by atoms with Gasteiger partial charge >= 0.3 is 0 Å². The number of carbonyl (C=O) groups excluding carboxylic acids is 1. The molecule has 0 bridgehead atoms. The van der Waals surface area contributed by atoms with Gasteiger partial charge in [-0.1, -0.05) is 19.4 Å². The predicted octanol–water partition coefficient (Wildman–Crippen LogP) is 2.58. The first kappa shape index (κ1) is 14.6. The van der Waals surface area contributed by atoms with Crippen molar-refractivity contribution in [2.45, 2.75) is 19.8 Å². The molecule has 0 aliphatic heterocycles. The zero-order valence-electron chi connectivity index (χ0n) is 10.4. The average molecular weight is 272 g/mol. The van der Waals surface area contributed by atoms with Crippen molar-refractivity contribution in [1.29, 1.82) is 0 Å². The summed E-state index contributed by atoms with van der Waals surface area (Å²) in [6.07, 6.45) is 1.82. The van der Waals surface area contributed by atoms with Crippen LogP contribution in [0.2, 0.25) is 0 Å². The molecule has 0 unspecified atom stereocenters. The van der Waals surface area contributed by atoms with Crippen LogP contribution >= 0.6 is 11.6 Å². The van der Waals surface area contributed by atoms with Crippen LogP contribution in [0, 0.1) is 0 Å². The van der Waals surface area contributed by atoms with Gasteiger partial charge in [0.1, 0.15) is 17.1 Å². The minimum atomic E-state index is -0.389. The Hall–Kier alpha value is -1.42. The van der Waals surface area contributed by atoms with E-state index < -0.39 is 0 Å². The van der Waals surface area contributed by atoms with Crippen molar-refractivity contribution in [2.24, 2.45) is 0 Å². The van der Waals surface area contributed by atoms with Gasteiger partial charge in [0.25, 0.3) is 5.91 Å². The molecule has 1 aromatic carbocycles. The Morgan fingerprint density at radius 1 is 1.28 bits per heavy atom. The summed E-state index contributed by atoms with van der Waals surface area (Å²) in [4.78, 5) is 13.8. The number of carbonyl (C=O) groups is 1. The zero-order valence-corrected chi connectivity index (χ0v) is 11.2. The lowest BCUT2D eigenvalue weighted by atomic mass is 10.1. The molecule has 0 aliphatic carbocycles. The number of aromatic hydroxyl groups is 2. The van der Waals surface area contributed by atoms with Crippen molar-refractivity contribution in [3.8, 4) is 11.5 Å². The fourth-order valence-corrected chi connectivity index (χ4v) is 1.88. The van der Waals surface area contributed by atoms with Crippen LogP contribution in [0.3, 0.4) is 0 Å². The van der Waals surface area contributed by atoms with E-state index in [4.69, 9.17) is 11.6 Å². The molecule has 2 N–H and O–H groups in total. The van der Waals surface area contributed by atoms with Gasteiger partial charge < -0.3 is 15.1 Å². The summed E-state index contributed by atoms with van der Waals surface area (Å²) in [7, 11) is 0. The SMILES string of the molecule is CCCCN(CCCl)C(=O)c1c(O)cccc1O. The van der Waals surface area contributed by atoms with E-state index in [9.17, 15) is 15.0 Å². The van der Waals surface area contributed by atoms with Crippen LogP contribution in [-0.2, 0) is 0 Å². The number of phenolic OH excluding ortho intramolecular Hbond substituents is 2. The predicted molar refractivity (Wildman–Crippen MR) is 71.3 cm³/mol. The molecule has 0 fully saturated rings. The standard InChI is InChI=1S/C13H18ClNO3/c1-2-3-8-15(9-7-14)13(18)12-10(16)5-4-6-11(12)17/h4-6,16-17H,2-3,7-9H2,1H3. The number of phenols is 2. The molecule has 1 aromatic rings. The minimum Gasteiger partial charge on any atom is -0.507 e. The first-order valence-electron chi connectivity index (χ1n) is 5.98. The molecule has 0 saturated carbocycles. The maximum atomic E-state index is 12.2. The highest BCUT2D eigenvalue weighted by Crippen LogP contribution is 2.27. The first-order valence-corrected chi connectivity index (χ1v) is 6.51. The number of unbranched alkanes of at least 4 members (excludes halogenated alkanes) is 1. The molecule has 0 spiro atoms. The number of hydrogen-bond donors (Lipinski definition) is 2. The van der Waals surface area contributed by atoms with Crippen molar-refractivity contribution < 1.29 is 15.0 Å². The third kappa shape index (κ3) is 3.53. The number of nitrogens with zero attached hydrogens (tertiary/aromatic N) is 1. The number of rotatable bonds is 6. The molecule has 4 nitrogen and oxygen atoms in total. The minimum absolute atomic E-state index is 0.0567. The van der Waals surface area contributed by atoms with Crippen molar-refractivity contribution in [2.75, 3.05) is 19.0 Å². The summed E-state index contributed by atoms with van der Waals surface area (Å²) in [5, 5.41) is 19.3. The molecule has 0 aliphatic rings. The topological polar surface area (TPSA) is 60.8 Å². The Labute approximate surface area is 112 Å². The highest BCUT2D eigenvalue weighted by Gasteiger charge is 2.21. The molecular weight excluding hydrogens is 254 g/mol. The summed E-state index contributed by atoms with van der Waals surface area (Å²) >= 11 is 5.67. The zero-order chi connectivity index (χ0) is 13.5. The molecule has 0 aromatic heterocycles. The fourth-order valence-electron chi connectivity index (χ4n) is 1.67. The maximum absolute atomic E-state index is 12.2. The number of halogens is 1. The monoisotopic (exact) mass is 271 g/mol. The van der Waals surface area contributed by atoms with Crippen molar-refractivity contribution in [3.63, 3.8) is 0 Å². The lowest BCUT2D eigenvalue weighted by Crippen LogP contribution is -2.33. The van der Waals surface area contributed by atoms with Crippen LogP contribution in [0.5, 0.6) is 11.5 Å². The van der Waals surface area contributed by atoms with Crippen LogP contribution in [-0.4, -0.2) is 40.0 Å². The second-order valence-corrected chi connectivity index (χ2v) is 4.38. The number of alkyl halides is 1. The van der Waals surface area contributed by atoms with E-state index in [1.165, 1.54) is 18.2 Å². The third-order valence-electron chi connectivity index (χ3n) is 2.66. The second-order valence-electron chi connectivity index (χ2n) is 4.01. The Morgan fingerprint density at radius 2 is 1.89 bits per heavy atom. The van der Waals surface area contributed by atoms with E-state index in [-0.39, 0.29) is 23.0 Å². The van der Waals surface area contributed by atoms with Crippen LogP contribution in [0.15, 0.2) is 18.2 Å². The van der Waals surface area contributed by atoms with Crippen LogP contribution < -0.4 is 0 Å². The van der Waals surface area contributed by atoms with Gasteiger partial charge in [0.15, 0.2) is 0 Å². The molecule has 5 heteroatoms. The Kier molecular flexibility index (Phi) is 5.78. The van der Waals surface area contributed by atoms with Crippen LogP contribution in [0.25, 0.3) is 0 Å². The van der Waals surface area contributed by atoms with Gasteiger partial charge in [-0.2, -0.15) is 0 Å². The molecule has 0 atom stereocenters. The lowest BCUT2D eigenvalue weighted by Gasteiger charge is -2.22. The van der Waals surface area contributed by atoms with E-state index in [2.05, 4.69) is 0 Å². The summed E-state index contributed by atoms with van der Waals surface area (Å²) in [6.45, 7) is 2.99. The molecule has 1 amide bonds. The third-order valence-corrected chi connectivity index (χ3v) is 2.83. The van der Waals surface area contributed by atoms with Crippen molar-refractivity contribution >= 4 is 17.5 Å². The first-order chi connectivity index (χ1) is 8.61. The summed E-state index contributed by atoms with van der Waals surface area (Å²) < 4.78 is 0. The Bertz CT molecular complexity index is 389. The van der Waals surface area contributed by atoms with Gasteiger partial charge in [-0.05, 0) is 18.6 Å². The molecule has 0 radical (unpaired) electrons. The molecule has 18 heavy (non-hydrogen) atoms. The number of amides is 1. The van der Waals surface area contributed by atoms with Crippen molar-refractivity contribution in [3.05, 3.63) is 23.8 Å². The van der Waals surface area contributed by atoms with Gasteiger partial charge in [-0.25, -0.2) is 0 Å². The average Bonchev–Trinajstić information content (AvgIpc) is 2.34. The van der Waals surface area contributed by atoms with E-state index in [1.54, 1.807) is 4.90 Å². The quantitative estimate of drug-likeness (QED) is 0.782. The highest BCUT2D eigenvalue weighted by molar-refractivity contribution is 6.18. The van der Waals surface area contributed by atoms with E-state index in [0.717, 1.165) is 12.8 Å². The number of hydrogen-bond acceptors (Lipinski definition) is 3. The highest BCUT2D eigenvalue weighted by atomic mass is 35.5. The molecular formula is C13H18ClNO3. The van der Waals surface area contributed by atoms with Gasteiger partial charge in [-0.3, -0.25) is 4.79 Å².